The lowest BCUT2D eigenvalue weighted by Crippen LogP contribution is -2.41. The molecule has 2 aromatic heterocycles. The van der Waals surface area contributed by atoms with Gasteiger partial charge in [-0.15, -0.1) is 0 Å². The van der Waals surface area contributed by atoms with E-state index in [1.807, 2.05) is 47.6 Å². The number of hydrogen-bond acceptors (Lipinski definition) is 16. The van der Waals surface area contributed by atoms with E-state index in [1.54, 1.807) is 64.9 Å². The summed E-state index contributed by atoms with van der Waals surface area (Å²) in [5.41, 5.74) is 1.45. The number of fused-ring (bicyclic) bond motifs is 4. The van der Waals surface area contributed by atoms with Crippen LogP contribution >= 0.6 is 91.9 Å². The zero-order chi connectivity index (χ0) is 78.2. The Hall–Kier alpha value is -6.07. The second kappa shape index (κ2) is 36.4. The Morgan fingerprint density at radius 3 is 1.36 bits per heavy atom. The van der Waals surface area contributed by atoms with Crippen LogP contribution in [0.4, 0.5) is 9.59 Å². The van der Waals surface area contributed by atoms with E-state index in [1.165, 1.54) is 57.7 Å². The van der Waals surface area contributed by atoms with Gasteiger partial charge < -0.3 is 39.0 Å². The molecule has 107 heavy (non-hydrogen) atoms. The summed E-state index contributed by atoms with van der Waals surface area (Å²) < 4.78 is 62.1. The molecule has 6 heterocycles. The molecular weight excluding hydrogens is 1580 g/mol. The quantitative estimate of drug-likeness (QED) is 0.121. The summed E-state index contributed by atoms with van der Waals surface area (Å²) in [6.07, 6.45) is 12.3. The van der Waals surface area contributed by atoms with Crippen LogP contribution in [-0.4, -0.2) is 171 Å². The van der Waals surface area contributed by atoms with Crippen LogP contribution in [0.2, 0.25) is 30.1 Å². The fraction of sp³-hybridized carbons (Fsp3) is 0.500. The van der Waals surface area contributed by atoms with Gasteiger partial charge >= 0.3 is 12.2 Å². The molecule has 4 aliphatic carbocycles. The number of carbonyl (C=O) groups is 7. The van der Waals surface area contributed by atoms with Crippen molar-refractivity contribution in [2.24, 2.45) is 61.4 Å². The van der Waals surface area contributed by atoms with Crippen molar-refractivity contribution in [1.29, 1.82) is 0 Å². The van der Waals surface area contributed by atoms with Crippen LogP contribution in [0.15, 0.2) is 120 Å². The number of ether oxygens (including phenoxy) is 2. The third-order valence-corrected chi connectivity index (χ3v) is 24.6. The Kier molecular flexibility index (Phi) is 28.9. The van der Waals surface area contributed by atoms with E-state index < -0.39 is 35.5 Å². The monoisotopic (exact) mass is 1670 g/mol. The Morgan fingerprint density at radius 2 is 0.944 bits per heavy atom. The molecule has 10 unspecified atom stereocenters. The largest absolute Gasteiger partial charge is 0.444 e. The van der Waals surface area contributed by atoms with Crippen LogP contribution in [0.5, 0.6) is 0 Å². The molecule has 2 N–H and O–H groups in total. The van der Waals surface area contributed by atoms with Crippen LogP contribution in [0, 0.1) is 47.3 Å². The number of Topliss-reactive ketones (excluding diaryl/α,β-unsaturated/α-hetero) is 2. The highest BCUT2D eigenvalue weighted by molar-refractivity contribution is 8.13. The number of ketones is 2. The van der Waals surface area contributed by atoms with E-state index in [0.717, 1.165) is 64.6 Å². The van der Waals surface area contributed by atoms with Gasteiger partial charge in [-0.05, 0) is 181 Å². The molecule has 4 aliphatic heterocycles. The van der Waals surface area contributed by atoms with Gasteiger partial charge in [-0.25, -0.2) is 36.4 Å². The minimum absolute atomic E-state index is 0.0340. The van der Waals surface area contributed by atoms with Crippen molar-refractivity contribution in [1.82, 2.24) is 48.7 Å². The van der Waals surface area contributed by atoms with Gasteiger partial charge in [0.2, 0.25) is 0 Å². The van der Waals surface area contributed by atoms with Crippen LogP contribution < -0.4 is 10.6 Å². The summed E-state index contributed by atoms with van der Waals surface area (Å²) in [4.78, 5) is 96.5. The van der Waals surface area contributed by atoms with Crippen molar-refractivity contribution >= 4 is 152 Å². The Labute approximate surface area is 664 Å². The first-order valence-corrected chi connectivity index (χ1v) is 41.4. The van der Waals surface area contributed by atoms with Crippen molar-refractivity contribution in [3.63, 3.8) is 0 Å². The van der Waals surface area contributed by atoms with Gasteiger partial charge in [0, 0.05) is 154 Å². The molecule has 4 aromatic carbocycles. The summed E-state index contributed by atoms with van der Waals surface area (Å²) in [5, 5.41) is 7.85. The molecule has 0 spiro atoms. The maximum absolute atomic E-state index is 12.8. The van der Waals surface area contributed by atoms with Crippen molar-refractivity contribution < 1.29 is 59.9 Å². The lowest BCUT2D eigenvalue weighted by molar-refractivity contribution is -0.121. The van der Waals surface area contributed by atoms with Crippen molar-refractivity contribution in [3.8, 4) is 0 Å². The molecule has 14 rings (SSSR count). The van der Waals surface area contributed by atoms with Gasteiger partial charge in [-0.1, -0.05) is 99.9 Å². The van der Waals surface area contributed by atoms with Crippen LogP contribution in [-0.2, 0) is 58.8 Å². The number of carbonyl (C=O) groups excluding carboxylic acids is 7. The number of benzene rings is 4. The molecule has 8 aliphatic rings. The molecule has 8 fully saturated rings. The maximum Gasteiger partial charge on any atom is 0.410 e. The highest BCUT2D eigenvalue weighted by atomic mass is 35.7. The smallest absolute Gasteiger partial charge is 0.410 e. The lowest BCUT2D eigenvalue weighted by atomic mass is 9.97. The first-order chi connectivity index (χ1) is 50.2. The van der Waals surface area contributed by atoms with Crippen LogP contribution in [0.25, 0.3) is 0 Å². The predicted molar refractivity (Wildman–Crippen MR) is 412 cm³/mol. The third kappa shape index (κ3) is 23.3. The second-order valence-corrected chi connectivity index (χ2v) is 37.3. The number of sulfonamides is 1. The Balaban J connectivity index is 0.000000154. The van der Waals surface area contributed by atoms with E-state index in [0.29, 0.717) is 117 Å². The highest BCUT2D eigenvalue weighted by Gasteiger charge is 2.49. The van der Waals surface area contributed by atoms with Gasteiger partial charge in [0.25, 0.3) is 36.1 Å². The zero-order valence-electron chi connectivity index (χ0n) is 60.4. The van der Waals surface area contributed by atoms with Gasteiger partial charge in [0.1, 0.15) is 22.8 Å². The highest BCUT2D eigenvalue weighted by Crippen LogP contribution is 2.43. The Bertz CT molecular complexity index is 4460. The molecule has 580 valence electrons. The lowest BCUT2D eigenvalue weighted by Gasteiger charge is -2.26. The molecule has 10 atom stereocenters. The molecule has 23 nitrogen and oxygen atoms in total. The number of hydrogen-bond donors (Lipinski definition) is 2. The average molecular weight is 1670 g/mol. The van der Waals surface area contributed by atoms with Crippen LogP contribution in [0.1, 0.15) is 130 Å². The molecule has 0 bridgehead atoms. The normalized spacial score (nSPS) is 23.6. The number of halogens is 8. The molecule has 0 radical (unpaired) electrons. The number of rotatable bonds is 10. The van der Waals surface area contributed by atoms with Gasteiger partial charge in [0.15, 0.2) is 10.1 Å². The second-order valence-electron chi connectivity index (χ2n) is 30.0. The zero-order valence-corrected chi connectivity index (χ0v) is 68.1. The average Bonchev–Trinajstić information content (AvgIpc) is 1.63. The predicted octanol–water partition coefficient (Wildman–Crippen LogP) is 14.6. The number of amides is 4. The third-order valence-electron chi connectivity index (χ3n) is 19.9. The summed E-state index contributed by atoms with van der Waals surface area (Å²) in [5.74, 6) is 2.75. The standard InChI is InChI=1S/C19H24Cl2N2O3.C18H20Cl2N4O3S.C14H17NO.C12H19NO3.C7H3Cl3O.C4H5ClN2O2S/c1-19(2,3)26-18(25)23-9-11-4-7-16(14(11)10-23)22-17(24)13-6-5-12(20)8-15(13)21;1-23-9-17(21-10-23)28(26,27)24-7-11-2-5-16(14(11)8-24)22-18(25)13-4-3-12(19)6-15(13)20;16-14-7-6-12-9-15(10-13(12)14)8-11-4-2-1-3-5-11;1-12(2,3)16-11(15)13-6-8-4-5-10(14)9(8)7-13;8-4-1-2-5(7(10)11)6(9)3-4;1-7-2-4(6-3-7)10(5,8)9/h5-6,8,11,14,16H,4,7,9-10H2,1-3H3,(H,22,24);3-4,6,9-11,14,16H,2,5,7-8H2,1H3,(H,22,25);1-5,12-13H,6-10H2;8-9H,4-7H2,1-3H3;1-3H;2-3H,1H3. The number of aromatic nitrogens is 4. The number of imidazole rings is 2. The van der Waals surface area contributed by atoms with E-state index >= 15 is 0 Å². The molecule has 4 saturated carbocycles. The molecule has 33 heteroatoms. The van der Waals surface area contributed by atoms with E-state index in [-0.39, 0.29) is 80.4 Å². The first-order valence-electron chi connectivity index (χ1n) is 35.0. The van der Waals surface area contributed by atoms with Gasteiger partial charge in [-0.3, -0.25) is 28.9 Å². The minimum atomic E-state index is -3.64. The maximum atomic E-state index is 12.8. The number of nitrogens with one attached hydrogen (secondary N) is 2. The summed E-state index contributed by atoms with van der Waals surface area (Å²) >= 11 is 40.5. The number of likely N-dealkylation sites (tertiary alicyclic amines) is 3. The van der Waals surface area contributed by atoms with Crippen LogP contribution in [0.3, 0.4) is 0 Å². The Morgan fingerprint density at radius 1 is 0.514 bits per heavy atom. The van der Waals surface area contributed by atoms with Crippen molar-refractivity contribution in [2.45, 2.75) is 133 Å². The van der Waals surface area contributed by atoms with Crippen molar-refractivity contribution in [3.05, 3.63) is 162 Å². The molecule has 6 aromatic rings. The fourth-order valence-electron chi connectivity index (χ4n) is 14.8. The van der Waals surface area contributed by atoms with E-state index in [9.17, 15) is 50.4 Å². The van der Waals surface area contributed by atoms with Gasteiger partial charge in [0.05, 0.1) is 44.4 Å². The molecule has 4 saturated heterocycles. The fourth-order valence-corrected chi connectivity index (χ4v) is 18.7. The summed E-state index contributed by atoms with van der Waals surface area (Å²) in [6, 6.07) is 24.6. The first kappa shape index (κ1) is 84.9. The minimum Gasteiger partial charge on any atom is -0.444 e. The number of aryl methyl sites for hydroxylation is 2. The molecular formula is C74H88Cl8N10O13S2. The summed E-state index contributed by atoms with van der Waals surface area (Å²) in [7, 11) is 1.10. The summed E-state index contributed by atoms with van der Waals surface area (Å²) in [6.45, 7) is 17.6. The van der Waals surface area contributed by atoms with E-state index in [2.05, 4.69) is 49.8 Å². The SMILES string of the molecule is CC(C)(C)OC(=O)N1CC2CCC(=O)C2C1.CC(C)(C)OC(=O)N1CC2CCC(NC(=O)c3ccc(Cl)cc3Cl)C2C1.Cn1cnc(S(=O)(=O)Cl)c1.Cn1cnc(S(=O)(=O)N2CC3CCC(NC(=O)c4ccc(Cl)cc4Cl)C3C2)c1.O=C(Cl)c1ccc(Cl)cc1Cl.O=C1CCC2CN(Cc3ccccc3)CC12. The topological polar surface area (TPSA) is 279 Å². The van der Waals surface area contributed by atoms with Crippen molar-refractivity contribution in [2.75, 3.05) is 52.4 Å². The molecule has 4 amide bonds. The van der Waals surface area contributed by atoms with E-state index in [4.69, 9.17) is 101 Å². The van der Waals surface area contributed by atoms with Gasteiger partial charge in [-0.2, -0.15) is 4.31 Å². The number of nitrogens with zero attached hydrogens (tertiary/aromatic N) is 8.